The van der Waals surface area contributed by atoms with Crippen LogP contribution < -0.4 is 0 Å². The fraction of sp³-hybridized carbons (Fsp3) is 0. The minimum atomic E-state index is 0.380. The molecule has 6 heteroatoms. The molecule has 0 radical (unpaired) electrons. The lowest BCUT2D eigenvalue weighted by Crippen LogP contribution is -1.79. The van der Waals surface area contributed by atoms with Crippen LogP contribution in [0.2, 0.25) is 10.0 Å². The van der Waals surface area contributed by atoms with Gasteiger partial charge >= 0.3 is 0 Å². The molecule has 0 fully saturated rings. The second-order valence-corrected chi connectivity index (χ2v) is 5.78. The van der Waals surface area contributed by atoms with Gasteiger partial charge in [0.1, 0.15) is 0 Å². The Morgan fingerprint density at radius 2 is 1.75 bits per heavy atom. The van der Waals surface area contributed by atoms with Gasteiger partial charge in [0.15, 0.2) is 0 Å². The molecule has 0 N–H and O–H groups in total. The Hall–Kier alpha value is -1.49. The fourth-order valence-electron chi connectivity index (χ4n) is 1.61. The maximum Gasteiger partial charge on any atom is 0.281 e. The summed E-state index contributed by atoms with van der Waals surface area (Å²) >= 11 is 13.4. The average molecular weight is 323 g/mol. The highest BCUT2D eigenvalue weighted by Gasteiger charge is 2.13. The van der Waals surface area contributed by atoms with Crippen LogP contribution in [0.15, 0.2) is 63.1 Å². The lowest BCUT2D eigenvalue weighted by atomic mass is 10.2. The van der Waals surface area contributed by atoms with Crippen LogP contribution in [0, 0.1) is 0 Å². The number of hydrogen-bond donors (Lipinski definition) is 0. The number of benzene rings is 2. The third-order valence-electron chi connectivity index (χ3n) is 2.52. The Kier molecular flexibility index (Phi) is 3.96. The van der Waals surface area contributed by atoms with E-state index < -0.39 is 0 Å². The minimum Gasteiger partial charge on any atom is -0.411 e. The second-order valence-electron chi connectivity index (χ2n) is 3.91. The zero-order valence-electron chi connectivity index (χ0n) is 10.1. The summed E-state index contributed by atoms with van der Waals surface area (Å²) in [6, 6.07) is 15.0. The largest absolute Gasteiger partial charge is 0.411 e. The van der Waals surface area contributed by atoms with Crippen LogP contribution >= 0.6 is 35.0 Å². The van der Waals surface area contributed by atoms with Crippen LogP contribution in [0.3, 0.4) is 0 Å². The zero-order chi connectivity index (χ0) is 13.9. The number of rotatable bonds is 3. The van der Waals surface area contributed by atoms with Crippen molar-refractivity contribution in [3.8, 4) is 11.5 Å². The van der Waals surface area contributed by atoms with E-state index in [2.05, 4.69) is 10.2 Å². The quantitative estimate of drug-likeness (QED) is 0.664. The molecule has 3 aromatic rings. The van der Waals surface area contributed by atoms with Gasteiger partial charge in [-0.1, -0.05) is 41.4 Å². The first-order valence-corrected chi connectivity index (χ1v) is 7.31. The Morgan fingerprint density at radius 1 is 0.950 bits per heavy atom. The summed E-state index contributed by atoms with van der Waals surface area (Å²) < 4.78 is 5.61. The van der Waals surface area contributed by atoms with Gasteiger partial charge in [0.05, 0.1) is 10.6 Å². The molecule has 100 valence electrons. The Morgan fingerprint density at radius 3 is 2.50 bits per heavy atom. The number of halogens is 2. The van der Waals surface area contributed by atoms with Crippen LogP contribution in [0.1, 0.15) is 0 Å². The lowest BCUT2D eigenvalue weighted by Gasteiger charge is -1.99. The van der Waals surface area contributed by atoms with E-state index in [-0.39, 0.29) is 0 Å². The predicted octanol–water partition coefficient (Wildman–Crippen LogP) is 5.19. The van der Waals surface area contributed by atoms with Crippen molar-refractivity contribution in [2.75, 3.05) is 0 Å². The van der Waals surface area contributed by atoms with E-state index in [9.17, 15) is 0 Å². The van der Waals surface area contributed by atoms with Crippen molar-refractivity contribution in [2.45, 2.75) is 10.1 Å². The Balaban J connectivity index is 1.87. The summed E-state index contributed by atoms with van der Waals surface area (Å²) in [7, 11) is 0. The van der Waals surface area contributed by atoms with Gasteiger partial charge in [0, 0.05) is 9.92 Å². The van der Waals surface area contributed by atoms with E-state index in [1.807, 2.05) is 30.3 Å². The van der Waals surface area contributed by atoms with Gasteiger partial charge in [-0.2, -0.15) is 0 Å². The fourth-order valence-corrected chi connectivity index (χ4v) is 2.80. The first-order valence-electron chi connectivity index (χ1n) is 5.74. The molecule has 0 unspecified atom stereocenters. The highest BCUT2D eigenvalue weighted by molar-refractivity contribution is 7.99. The van der Waals surface area contributed by atoms with Crippen molar-refractivity contribution in [1.29, 1.82) is 0 Å². The van der Waals surface area contributed by atoms with E-state index in [0.717, 1.165) is 4.90 Å². The van der Waals surface area contributed by atoms with Crippen molar-refractivity contribution in [2.24, 2.45) is 0 Å². The van der Waals surface area contributed by atoms with Crippen molar-refractivity contribution in [3.05, 3.63) is 58.6 Å². The van der Waals surface area contributed by atoms with Crippen LogP contribution in [-0.4, -0.2) is 10.2 Å². The third-order valence-corrected chi connectivity index (χ3v) is 3.91. The minimum absolute atomic E-state index is 0.380. The average Bonchev–Trinajstić information content (AvgIpc) is 2.88. The number of aromatic nitrogens is 2. The first-order chi connectivity index (χ1) is 9.72. The highest BCUT2D eigenvalue weighted by atomic mass is 35.5. The lowest BCUT2D eigenvalue weighted by molar-refractivity contribution is 0.466. The normalized spacial score (nSPS) is 10.7. The van der Waals surface area contributed by atoms with Gasteiger partial charge in [-0.3, -0.25) is 0 Å². The smallest absolute Gasteiger partial charge is 0.281 e. The van der Waals surface area contributed by atoms with E-state index in [4.69, 9.17) is 27.6 Å². The number of hydrogen-bond acceptors (Lipinski definition) is 4. The monoisotopic (exact) mass is 322 g/mol. The van der Waals surface area contributed by atoms with Gasteiger partial charge in [-0.25, -0.2) is 0 Å². The van der Waals surface area contributed by atoms with Crippen LogP contribution in [0.5, 0.6) is 0 Å². The first kappa shape index (κ1) is 13.5. The summed E-state index contributed by atoms with van der Waals surface area (Å²) in [5.41, 5.74) is 0.670. The molecule has 1 heterocycles. The number of nitrogens with zero attached hydrogens (tertiary/aromatic N) is 2. The van der Waals surface area contributed by atoms with E-state index in [0.29, 0.717) is 26.7 Å². The SMILES string of the molecule is Clc1ccc(-c2nnc(Sc3ccccc3)o2)c(Cl)c1. The molecule has 0 spiro atoms. The van der Waals surface area contributed by atoms with Crippen LogP contribution in [0.4, 0.5) is 0 Å². The van der Waals surface area contributed by atoms with Gasteiger partial charge in [0.25, 0.3) is 5.22 Å². The second kappa shape index (κ2) is 5.87. The highest BCUT2D eigenvalue weighted by Crippen LogP contribution is 2.32. The molecular formula is C14H8Cl2N2OS. The molecule has 0 saturated carbocycles. The predicted molar refractivity (Wildman–Crippen MR) is 80.3 cm³/mol. The maximum atomic E-state index is 6.11. The van der Waals surface area contributed by atoms with Gasteiger partial charge in [-0.05, 0) is 42.1 Å². The summed E-state index contributed by atoms with van der Waals surface area (Å²) in [4.78, 5) is 1.03. The summed E-state index contributed by atoms with van der Waals surface area (Å²) in [6.45, 7) is 0. The molecule has 0 bridgehead atoms. The molecule has 0 aliphatic carbocycles. The van der Waals surface area contributed by atoms with Crippen LogP contribution in [-0.2, 0) is 0 Å². The van der Waals surface area contributed by atoms with E-state index >= 15 is 0 Å². The molecule has 1 aromatic heterocycles. The maximum absolute atomic E-state index is 6.11. The standard InChI is InChI=1S/C14H8Cl2N2OS/c15-9-6-7-11(12(16)8-9)13-17-18-14(19-13)20-10-4-2-1-3-5-10/h1-8H. The molecule has 0 aliphatic heterocycles. The van der Waals surface area contributed by atoms with Gasteiger partial charge in [0.2, 0.25) is 5.89 Å². The Labute approximate surface area is 129 Å². The summed E-state index contributed by atoms with van der Waals surface area (Å²) in [5.74, 6) is 0.380. The van der Waals surface area contributed by atoms with Gasteiger partial charge < -0.3 is 4.42 Å². The molecule has 2 aromatic carbocycles. The summed E-state index contributed by atoms with van der Waals surface area (Å²) in [5, 5.41) is 9.53. The Bertz CT molecular complexity index is 731. The third kappa shape index (κ3) is 2.98. The van der Waals surface area contributed by atoms with E-state index in [1.54, 1.807) is 18.2 Å². The molecule has 3 rings (SSSR count). The molecule has 0 aliphatic rings. The molecule has 0 atom stereocenters. The molecule has 3 nitrogen and oxygen atoms in total. The van der Waals surface area contributed by atoms with Crippen molar-refractivity contribution >= 4 is 35.0 Å². The van der Waals surface area contributed by atoms with E-state index in [1.165, 1.54) is 11.8 Å². The molecule has 0 saturated heterocycles. The van der Waals surface area contributed by atoms with Crippen molar-refractivity contribution in [1.82, 2.24) is 10.2 Å². The van der Waals surface area contributed by atoms with Crippen molar-refractivity contribution < 1.29 is 4.42 Å². The van der Waals surface area contributed by atoms with Gasteiger partial charge in [-0.15, -0.1) is 10.2 Å². The zero-order valence-corrected chi connectivity index (χ0v) is 12.4. The summed E-state index contributed by atoms with van der Waals surface area (Å²) in [6.07, 6.45) is 0. The molecule has 0 amide bonds. The topological polar surface area (TPSA) is 38.9 Å². The molecular weight excluding hydrogens is 315 g/mol. The van der Waals surface area contributed by atoms with Crippen LogP contribution in [0.25, 0.3) is 11.5 Å². The van der Waals surface area contributed by atoms with Crippen molar-refractivity contribution in [3.63, 3.8) is 0 Å². The molecule has 20 heavy (non-hydrogen) atoms.